The molecule has 0 aromatic heterocycles. The molecule has 0 radical (unpaired) electrons. The number of aliphatic carboxylic acids is 1. The van der Waals surface area contributed by atoms with Crippen LogP contribution in [0.3, 0.4) is 0 Å². The van der Waals surface area contributed by atoms with Crippen molar-refractivity contribution in [2.45, 2.75) is 37.3 Å². The highest BCUT2D eigenvalue weighted by Gasteiger charge is 2.48. The van der Waals surface area contributed by atoms with Crippen LogP contribution >= 0.6 is 0 Å². The van der Waals surface area contributed by atoms with Gasteiger partial charge in [-0.25, -0.2) is 0 Å². The summed E-state index contributed by atoms with van der Waals surface area (Å²) in [5.41, 5.74) is 5.05. The van der Waals surface area contributed by atoms with Crippen molar-refractivity contribution in [3.63, 3.8) is 0 Å². The fourth-order valence-electron chi connectivity index (χ4n) is 3.05. The number of rotatable bonds is 6. The van der Waals surface area contributed by atoms with E-state index in [1.54, 1.807) is 0 Å². The van der Waals surface area contributed by atoms with Gasteiger partial charge in [0.05, 0.1) is 0 Å². The second kappa shape index (κ2) is 5.15. The monoisotopic (exact) mass is 255 g/mol. The first-order chi connectivity index (χ1) is 8.43. The number of likely N-dealkylation sites (tertiary alicyclic amines) is 1. The zero-order valence-electron chi connectivity index (χ0n) is 11.4. The van der Waals surface area contributed by atoms with Crippen molar-refractivity contribution < 1.29 is 9.90 Å². The van der Waals surface area contributed by atoms with Gasteiger partial charge in [-0.2, -0.15) is 0 Å². The minimum absolute atomic E-state index is 0.166. The SMILES string of the molecule is CN(CC1CCCN1C)CC(N)(C(=O)O)C1CC1. The minimum atomic E-state index is -1.05. The molecule has 2 aliphatic rings. The molecule has 1 saturated heterocycles. The molecule has 0 aromatic rings. The molecule has 2 atom stereocenters. The third-order valence-electron chi connectivity index (χ3n) is 4.43. The van der Waals surface area contributed by atoms with Crippen molar-refractivity contribution in [1.82, 2.24) is 9.80 Å². The van der Waals surface area contributed by atoms with Gasteiger partial charge in [0.25, 0.3) is 0 Å². The average Bonchev–Trinajstić information content (AvgIpc) is 3.06. The predicted molar refractivity (Wildman–Crippen MR) is 70.4 cm³/mol. The molecule has 5 heteroatoms. The molecule has 3 N–H and O–H groups in total. The van der Waals surface area contributed by atoms with Crippen molar-refractivity contribution in [3.8, 4) is 0 Å². The number of carboxylic acid groups (broad SMARTS) is 1. The van der Waals surface area contributed by atoms with Crippen molar-refractivity contribution in [2.24, 2.45) is 11.7 Å². The first-order valence-corrected chi connectivity index (χ1v) is 6.84. The molecule has 1 aliphatic carbocycles. The van der Waals surface area contributed by atoms with E-state index in [0.717, 1.165) is 25.9 Å². The number of nitrogens with two attached hydrogens (primary N) is 1. The van der Waals surface area contributed by atoms with E-state index >= 15 is 0 Å². The zero-order valence-corrected chi connectivity index (χ0v) is 11.4. The third-order valence-corrected chi connectivity index (χ3v) is 4.43. The molecular weight excluding hydrogens is 230 g/mol. The number of carboxylic acids is 1. The van der Waals surface area contributed by atoms with Crippen LogP contribution in [0.2, 0.25) is 0 Å². The molecule has 2 unspecified atom stereocenters. The molecule has 0 bridgehead atoms. The fraction of sp³-hybridized carbons (Fsp3) is 0.923. The molecule has 104 valence electrons. The lowest BCUT2D eigenvalue weighted by Crippen LogP contribution is -2.58. The quantitative estimate of drug-likeness (QED) is 0.710. The number of likely N-dealkylation sites (N-methyl/N-ethyl adjacent to an activating group) is 2. The van der Waals surface area contributed by atoms with Gasteiger partial charge in [-0.1, -0.05) is 0 Å². The first-order valence-electron chi connectivity index (χ1n) is 6.84. The van der Waals surface area contributed by atoms with Crippen LogP contribution in [0.4, 0.5) is 0 Å². The van der Waals surface area contributed by atoms with Crippen LogP contribution in [-0.4, -0.2) is 66.2 Å². The zero-order chi connectivity index (χ0) is 13.3. The second-order valence-electron chi connectivity index (χ2n) is 6.09. The maximum Gasteiger partial charge on any atom is 0.325 e. The van der Waals surface area contributed by atoms with E-state index in [0.29, 0.717) is 12.6 Å². The molecule has 2 rings (SSSR count). The number of nitrogens with zero attached hydrogens (tertiary/aromatic N) is 2. The summed E-state index contributed by atoms with van der Waals surface area (Å²) in [6.07, 6.45) is 4.36. The Bertz CT molecular complexity index is 319. The van der Waals surface area contributed by atoms with Crippen molar-refractivity contribution in [2.75, 3.05) is 33.7 Å². The minimum Gasteiger partial charge on any atom is -0.480 e. The van der Waals surface area contributed by atoms with E-state index in [-0.39, 0.29) is 5.92 Å². The Morgan fingerprint density at radius 1 is 1.50 bits per heavy atom. The molecule has 0 spiro atoms. The normalized spacial score (nSPS) is 28.6. The van der Waals surface area contributed by atoms with E-state index < -0.39 is 11.5 Å². The Morgan fingerprint density at radius 2 is 2.17 bits per heavy atom. The molecule has 1 heterocycles. The van der Waals surface area contributed by atoms with Gasteiger partial charge in [-0.05, 0) is 52.2 Å². The van der Waals surface area contributed by atoms with Crippen molar-refractivity contribution in [1.29, 1.82) is 0 Å². The van der Waals surface area contributed by atoms with Gasteiger partial charge in [-0.3, -0.25) is 4.79 Å². The van der Waals surface area contributed by atoms with Crippen molar-refractivity contribution >= 4 is 5.97 Å². The summed E-state index contributed by atoms with van der Waals surface area (Å²) in [7, 11) is 4.12. The van der Waals surface area contributed by atoms with Crippen LogP contribution < -0.4 is 5.73 Å². The van der Waals surface area contributed by atoms with E-state index in [1.165, 1.54) is 12.8 Å². The lowest BCUT2D eigenvalue weighted by atomic mass is 9.94. The summed E-state index contributed by atoms with van der Waals surface area (Å²) in [5.74, 6) is -0.685. The highest BCUT2D eigenvalue weighted by molar-refractivity contribution is 5.79. The highest BCUT2D eigenvalue weighted by atomic mass is 16.4. The molecule has 0 amide bonds. The first kappa shape index (κ1) is 13.8. The molecule has 5 nitrogen and oxygen atoms in total. The number of carbonyl (C=O) groups is 1. The largest absolute Gasteiger partial charge is 0.480 e. The molecule has 2 fully saturated rings. The summed E-state index contributed by atoms with van der Waals surface area (Å²) < 4.78 is 0. The van der Waals surface area contributed by atoms with Crippen molar-refractivity contribution in [3.05, 3.63) is 0 Å². The van der Waals surface area contributed by atoms with Crippen LogP contribution in [0.5, 0.6) is 0 Å². The number of hydrogen-bond acceptors (Lipinski definition) is 4. The summed E-state index contributed by atoms with van der Waals surface area (Å²) in [6.45, 7) is 2.51. The van der Waals surface area contributed by atoms with Crippen LogP contribution in [0.15, 0.2) is 0 Å². The molecule has 0 aromatic carbocycles. The van der Waals surface area contributed by atoms with Gasteiger partial charge in [0.2, 0.25) is 0 Å². The third kappa shape index (κ3) is 2.84. The highest BCUT2D eigenvalue weighted by Crippen LogP contribution is 2.38. The fourth-order valence-corrected chi connectivity index (χ4v) is 3.05. The van der Waals surface area contributed by atoms with Crippen LogP contribution in [0, 0.1) is 5.92 Å². The predicted octanol–water partition coefficient (Wildman–Crippen LogP) is 0.205. The van der Waals surface area contributed by atoms with Crippen LogP contribution in [0.1, 0.15) is 25.7 Å². The smallest absolute Gasteiger partial charge is 0.325 e. The molecular formula is C13H25N3O2. The van der Waals surface area contributed by atoms with E-state index in [9.17, 15) is 9.90 Å². The molecule has 1 saturated carbocycles. The maximum absolute atomic E-state index is 11.4. The van der Waals surface area contributed by atoms with Crippen LogP contribution in [-0.2, 0) is 4.79 Å². The van der Waals surface area contributed by atoms with Gasteiger partial charge < -0.3 is 20.6 Å². The van der Waals surface area contributed by atoms with Gasteiger partial charge >= 0.3 is 5.97 Å². The lowest BCUT2D eigenvalue weighted by Gasteiger charge is -2.32. The Morgan fingerprint density at radius 3 is 2.61 bits per heavy atom. The Hall–Kier alpha value is -0.650. The molecule has 18 heavy (non-hydrogen) atoms. The average molecular weight is 255 g/mol. The number of hydrogen-bond donors (Lipinski definition) is 2. The Kier molecular flexibility index (Phi) is 3.94. The van der Waals surface area contributed by atoms with E-state index in [2.05, 4.69) is 16.8 Å². The topological polar surface area (TPSA) is 69.8 Å². The Balaban J connectivity index is 1.89. The van der Waals surface area contributed by atoms with Crippen LogP contribution in [0.25, 0.3) is 0 Å². The lowest BCUT2D eigenvalue weighted by molar-refractivity contribution is -0.145. The second-order valence-corrected chi connectivity index (χ2v) is 6.09. The van der Waals surface area contributed by atoms with Gasteiger partial charge in [0.1, 0.15) is 5.54 Å². The van der Waals surface area contributed by atoms with E-state index in [1.807, 2.05) is 7.05 Å². The summed E-state index contributed by atoms with van der Waals surface area (Å²) in [5, 5.41) is 9.34. The summed E-state index contributed by atoms with van der Waals surface area (Å²) in [4.78, 5) is 15.8. The Labute approximate surface area is 109 Å². The standard InChI is InChI=1S/C13H25N3O2/c1-15(8-11-4-3-7-16(11)2)9-13(14,12(17)18)10-5-6-10/h10-11H,3-9,14H2,1-2H3,(H,17,18). The maximum atomic E-state index is 11.4. The van der Waals surface area contributed by atoms with E-state index in [4.69, 9.17) is 5.73 Å². The summed E-state index contributed by atoms with van der Waals surface area (Å²) in [6, 6.07) is 0.548. The summed E-state index contributed by atoms with van der Waals surface area (Å²) >= 11 is 0. The van der Waals surface area contributed by atoms with Gasteiger partial charge in [0, 0.05) is 19.1 Å². The van der Waals surface area contributed by atoms with Gasteiger partial charge in [-0.15, -0.1) is 0 Å². The molecule has 1 aliphatic heterocycles. The van der Waals surface area contributed by atoms with Gasteiger partial charge in [0.15, 0.2) is 0 Å².